The number of benzene rings is 4. The number of fused-ring (bicyclic) bond motifs is 1. The number of rotatable bonds is 14. The van der Waals surface area contributed by atoms with E-state index in [0.717, 1.165) is 60.0 Å². The molecule has 1 aliphatic rings. The maximum absolute atomic E-state index is 12.9. The third-order valence-electron chi connectivity index (χ3n) is 9.70. The number of anilines is 2. The van der Waals surface area contributed by atoms with Gasteiger partial charge in [-0.15, -0.1) is 24.8 Å². The van der Waals surface area contributed by atoms with Crippen LogP contribution in [0.1, 0.15) is 61.3 Å². The molecule has 1 atom stereocenters. The smallest absolute Gasteiger partial charge is 0.411 e. The number of halogens is 2. The summed E-state index contributed by atoms with van der Waals surface area (Å²) in [6.07, 6.45) is 4.16. The zero-order valence-electron chi connectivity index (χ0n) is 30.5. The Balaban J connectivity index is 0.00000336. The molecule has 0 saturated heterocycles. The predicted molar refractivity (Wildman–Crippen MR) is 222 cm³/mol. The average molecular weight is 791 g/mol. The molecule has 4 aromatic carbocycles. The molecule has 1 heterocycles. The lowest BCUT2D eigenvalue weighted by Crippen LogP contribution is -2.32. The highest BCUT2D eigenvalue weighted by atomic mass is 35.5. The van der Waals surface area contributed by atoms with E-state index < -0.39 is 12.2 Å². The van der Waals surface area contributed by atoms with Crippen LogP contribution in [-0.2, 0) is 22.4 Å². The fourth-order valence-corrected chi connectivity index (χ4v) is 6.78. The first-order valence-corrected chi connectivity index (χ1v) is 18.3. The van der Waals surface area contributed by atoms with E-state index in [2.05, 4.69) is 20.9 Å². The zero-order valence-corrected chi connectivity index (χ0v) is 32.1. The van der Waals surface area contributed by atoms with Crippen molar-refractivity contribution in [2.75, 3.05) is 23.7 Å². The first kappa shape index (κ1) is 42.8. The fraction of sp³-hybridized carbons (Fsp3) is 0.310. The van der Waals surface area contributed by atoms with Gasteiger partial charge in [0.15, 0.2) is 0 Å². The first-order chi connectivity index (χ1) is 25.7. The maximum atomic E-state index is 12.9. The Morgan fingerprint density at radius 2 is 1.58 bits per heavy atom. The largest absolute Gasteiger partial charge is 0.506 e. The lowest BCUT2D eigenvalue weighted by Gasteiger charge is -2.26. The number of H-pyrrole nitrogens is 1. The van der Waals surface area contributed by atoms with Crippen LogP contribution in [-0.4, -0.2) is 52.4 Å². The second-order valence-electron chi connectivity index (χ2n) is 13.7. The second kappa shape index (κ2) is 20.7. The van der Waals surface area contributed by atoms with E-state index in [0.29, 0.717) is 54.5 Å². The molecule has 8 N–H and O–H groups in total. The van der Waals surface area contributed by atoms with Gasteiger partial charge in [0.25, 0.3) is 0 Å². The van der Waals surface area contributed by atoms with E-state index in [-0.39, 0.29) is 54.2 Å². The van der Waals surface area contributed by atoms with Crippen molar-refractivity contribution in [3.05, 3.63) is 124 Å². The normalized spacial score (nSPS) is 15.6. The van der Waals surface area contributed by atoms with E-state index in [1.165, 1.54) is 12.1 Å². The Hall–Kier alpha value is -4.91. The minimum atomic E-state index is -0.829. The molecular weight excluding hydrogens is 741 g/mol. The van der Waals surface area contributed by atoms with Gasteiger partial charge >= 0.3 is 6.09 Å². The predicted octanol–water partition coefficient (Wildman–Crippen LogP) is 7.39. The molecule has 5 aromatic rings. The number of phenols is 1. The van der Waals surface area contributed by atoms with Crippen LogP contribution in [0.3, 0.4) is 0 Å². The molecule has 11 nitrogen and oxygen atoms in total. The third-order valence-corrected chi connectivity index (χ3v) is 9.70. The van der Waals surface area contributed by atoms with E-state index in [1.807, 2.05) is 72.8 Å². The lowest BCUT2D eigenvalue weighted by molar-refractivity contribution is -0.116. The number of phenolic OH excluding ortho intramolecular Hbond substituents is 1. The maximum Gasteiger partial charge on any atom is 0.411 e. The number of aliphatic hydroxyl groups is 1. The van der Waals surface area contributed by atoms with Crippen LogP contribution in [0.4, 0.5) is 16.2 Å². The summed E-state index contributed by atoms with van der Waals surface area (Å²) in [7, 11) is 0. The summed E-state index contributed by atoms with van der Waals surface area (Å²) >= 11 is 0. The van der Waals surface area contributed by atoms with E-state index in [4.69, 9.17) is 10.5 Å². The standard InChI is InChI=1S/C42H47N5O6.2ClH/c43-30-12-16-32(17-13-30)53-42(52)46-36-25-28(11-18-33(36)29-6-2-1-3-7-29)5-4-8-39(50)45-31-14-9-27(10-15-31)23-24-44-26-38(49)34-19-21-37(48)41-35(34)20-22-40(51)47-41;;/h1-3,6-7,9-11,14-15,18-22,25,30,32,38,44,48-49H,4-5,8,12-13,16-17,23-24,26,43H2,(H,45,50)(H,46,52)(H,47,51);2*1H/t30?,32?,38-;;/m0../s1. The molecule has 1 saturated carbocycles. The molecule has 292 valence electrons. The second-order valence-corrected chi connectivity index (χ2v) is 13.7. The van der Waals surface area contributed by atoms with Gasteiger partial charge in [-0.25, -0.2) is 4.79 Å². The first-order valence-electron chi connectivity index (χ1n) is 18.3. The number of aromatic amines is 1. The van der Waals surface area contributed by atoms with E-state index >= 15 is 0 Å². The highest BCUT2D eigenvalue weighted by Gasteiger charge is 2.22. The molecular formula is C42H49Cl2N5O6. The van der Waals surface area contributed by atoms with Crippen molar-refractivity contribution in [3.63, 3.8) is 0 Å². The van der Waals surface area contributed by atoms with Crippen molar-refractivity contribution in [1.29, 1.82) is 0 Å². The summed E-state index contributed by atoms with van der Waals surface area (Å²) in [4.78, 5) is 40.0. The van der Waals surface area contributed by atoms with Crippen LogP contribution >= 0.6 is 24.8 Å². The molecule has 6 rings (SSSR count). The number of aromatic hydroxyl groups is 1. The van der Waals surface area contributed by atoms with Gasteiger partial charge in [0.1, 0.15) is 11.9 Å². The number of nitrogens with two attached hydrogens (primary N) is 1. The SMILES string of the molecule is Cl.Cl.NC1CCC(OC(=O)Nc2cc(CCCC(=O)Nc3ccc(CCNC[C@H](O)c4ccc(O)c5[nH]c(=O)ccc45)cc3)ccc2-c2ccccc2)CC1. The summed E-state index contributed by atoms with van der Waals surface area (Å²) in [5.74, 6) is -0.120. The number of ether oxygens (including phenoxy) is 1. The Morgan fingerprint density at radius 3 is 2.33 bits per heavy atom. The van der Waals surface area contributed by atoms with Crippen LogP contribution in [0.2, 0.25) is 0 Å². The number of aryl methyl sites for hydroxylation is 1. The minimum Gasteiger partial charge on any atom is -0.506 e. The summed E-state index contributed by atoms with van der Waals surface area (Å²) < 4.78 is 5.73. The fourth-order valence-electron chi connectivity index (χ4n) is 6.78. The number of carbonyl (C=O) groups excluding carboxylic acids is 2. The number of pyridine rings is 1. The number of hydrogen-bond acceptors (Lipinski definition) is 8. The monoisotopic (exact) mass is 789 g/mol. The van der Waals surface area contributed by atoms with Gasteiger partial charge in [0.2, 0.25) is 11.5 Å². The summed E-state index contributed by atoms with van der Waals surface area (Å²) in [5.41, 5.74) is 12.0. The van der Waals surface area contributed by atoms with Crippen molar-refractivity contribution in [3.8, 4) is 16.9 Å². The Labute approximate surface area is 332 Å². The van der Waals surface area contributed by atoms with Crippen molar-refractivity contribution in [2.45, 2.75) is 69.6 Å². The van der Waals surface area contributed by atoms with Crippen LogP contribution in [0.25, 0.3) is 22.0 Å². The number of hydrogen-bond donors (Lipinski definition) is 7. The van der Waals surface area contributed by atoms with Crippen LogP contribution < -0.4 is 27.2 Å². The van der Waals surface area contributed by atoms with Crippen molar-refractivity contribution < 1.29 is 24.5 Å². The molecule has 0 spiro atoms. The van der Waals surface area contributed by atoms with Crippen molar-refractivity contribution in [2.24, 2.45) is 5.73 Å². The molecule has 1 aromatic heterocycles. The highest BCUT2D eigenvalue weighted by Crippen LogP contribution is 2.31. The van der Waals surface area contributed by atoms with Crippen LogP contribution in [0.15, 0.2) is 102 Å². The molecule has 0 bridgehead atoms. The molecule has 55 heavy (non-hydrogen) atoms. The number of aromatic nitrogens is 1. The molecule has 1 aliphatic carbocycles. The number of amides is 2. The van der Waals surface area contributed by atoms with Gasteiger partial charge in [0.05, 0.1) is 17.3 Å². The molecule has 0 unspecified atom stereocenters. The topological polar surface area (TPSA) is 179 Å². The molecule has 0 aliphatic heterocycles. The van der Waals surface area contributed by atoms with Gasteiger partial charge in [-0.1, -0.05) is 60.7 Å². The molecule has 1 fully saturated rings. The van der Waals surface area contributed by atoms with Crippen molar-refractivity contribution >= 4 is 59.1 Å². The average Bonchev–Trinajstić information content (AvgIpc) is 3.15. The quantitative estimate of drug-likeness (QED) is 0.0570. The lowest BCUT2D eigenvalue weighted by atomic mass is 9.94. The number of carbonyl (C=O) groups is 2. The van der Waals surface area contributed by atoms with Crippen LogP contribution in [0.5, 0.6) is 5.75 Å². The summed E-state index contributed by atoms with van der Waals surface area (Å²) in [6.45, 7) is 0.918. The van der Waals surface area contributed by atoms with Gasteiger partial charge in [-0.05, 0) is 104 Å². The zero-order chi connectivity index (χ0) is 37.2. The third kappa shape index (κ3) is 12.0. The Bertz CT molecular complexity index is 2070. The van der Waals surface area contributed by atoms with E-state index in [1.54, 1.807) is 12.1 Å². The molecule has 2 amide bonds. The minimum absolute atomic E-state index is 0. The van der Waals surface area contributed by atoms with Gasteiger partial charge in [0, 0.05) is 41.7 Å². The van der Waals surface area contributed by atoms with E-state index in [9.17, 15) is 24.6 Å². The number of aliphatic hydroxyl groups excluding tert-OH is 1. The van der Waals surface area contributed by atoms with Gasteiger partial charge in [-0.2, -0.15) is 0 Å². The Kier molecular flexibility index (Phi) is 16.1. The molecule has 13 heteroatoms. The number of nitrogens with one attached hydrogen (secondary N) is 4. The summed E-state index contributed by atoms with van der Waals surface area (Å²) in [6, 6.07) is 29.8. The molecule has 0 radical (unpaired) electrons. The Morgan fingerprint density at radius 1 is 0.855 bits per heavy atom. The van der Waals surface area contributed by atoms with Crippen molar-refractivity contribution in [1.82, 2.24) is 10.3 Å². The van der Waals surface area contributed by atoms with Gasteiger partial charge in [-0.3, -0.25) is 14.9 Å². The summed E-state index contributed by atoms with van der Waals surface area (Å²) in [5, 5.41) is 30.7. The van der Waals surface area contributed by atoms with Crippen LogP contribution in [0, 0.1) is 0 Å². The highest BCUT2D eigenvalue weighted by molar-refractivity contribution is 5.92. The van der Waals surface area contributed by atoms with Gasteiger partial charge < -0.3 is 36.3 Å².